The molecule has 0 spiro atoms. The lowest BCUT2D eigenvalue weighted by Crippen LogP contribution is -2.42. The number of aliphatic imine (C=N–C) groups is 1. The number of hydrogen-bond acceptors (Lipinski definition) is 4. The quantitative estimate of drug-likeness (QED) is 0.199. The molecule has 22 heavy (non-hydrogen) atoms. The summed E-state index contributed by atoms with van der Waals surface area (Å²) in [7, 11) is 3.25. The van der Waals surface area contributed by atoms with E-state index in [0.29, 0.717) is 12.5 Å². The minimum Gasteiger partial charge on any atom is -0.469 e. The molecule has 0 radical (unpaired) electrons. The van der Waals surface area contributed by atoms with Gasteiger partial charge in [-0.25, -0.2) is 0 Å². The Labute approximate surface area is 155 Å². The summed E-state index contributed by atoms with van der Waals surface area (Å²) in [5.41, 5.74) is 0. The highest BCUT2D eigenvalue weighted by molar-refractivity contribution is 14.0. The molecule has 0 aromatic rings. The highest BCUT2D eigenvalue weighted by atomic mass is 127. The van der Waals surface area contributed by atoms with Crippen LogP contribution < -0.4 is 10.6 Å². The summed E-state index contributed by atoms with van der Waals surface area (Å²) in [5, 5.41) is 7.64. The molecule has 2 atom stereocenters. The molecule has 0 bridgehead atoms. The lowest BCUT2D eigenvalue weighted by atomic mass is 10.2. The Balaban J connectivity index is 0.00000441. The van der Waals surface area contributed by atoms with Gasteiger partial charge in [0, 0.05) is 31.3 Å². The number of carbonyl (C=O) groups excluding carboxylic acids is 1. The van der Waals surface area contributed by atoms with Crippen LogP contribution in [0, 0.1) is 0 Å². The predicted octanol–water partition coefficient (Wildman–Crippen LogP) is 2.79. The fourth-order valence-electron chi connectivity index (χ4n) is 2.55. The topological polar surface area (TPSA) is 62.7 Å². The largest absolute Gasteiger partial charge is 0.469 e. The summed E-state index contributed by atoms with van der Waals surface area (Å²) >= 11 is 1.96. The fraction of sp³-hybridized carbons (Fsp3) is 0.867. The predicted molar refractivity (Wildman–Crippen MR) is 105 cm³/mol. The molecule has 2 N–H and O–H groups in total. The van der Waals surface area contributed by atoms with Gasteiger partial charge in [0.25, 0.3) is 0 Å². The molecule has 0 heterocycles. The molecule has 1 saturated carbocycles. The number of esters is 1. The van der Waals surface area contributed by atoms with Gasteiger partial charge < -0.3 is 15.4 Å². The number of carbonyl (C=O) groups is 1. The average Bonchev–Trinajstić information content (AvgIpc) is 2.96. The number of hydrogen-bond donors (Lipinski definition) is 2. The average molecular weight is 443 g/mol. The Hall–Kier alpha value is -0.180. The Morgan fingerprint density at radius 2 is 2.09 bits per heavy atom. The Morgan fingerprint density at radius 3 is 2.68 bits per heavy atom. The van der Waals surface area contributed by atoms with Crippen molar-refractivity contribution in [3.05, 3.63) is 0 Å². The van der Waals surface area contributed by atoms with Gasteiger partial charge in [-0.05, 0) is 38.4 Å². The van der Waals surface area contributed by atoms with Crippen LogP contribution in [-0.2, 0) is 9.53 Å². The first kappa shape index (κ1) is 21.8. The number of guanidine groups is 1. The zero-order valence-corrected chi connectivity index (χ0v) is 17.0. The van der Waals surface area contributed by atoms with E-state index >= 15 is 0 Å². The van der Waals surface area contributed by atoms with Crippen molar-refractivity contribution in [2.75, 3.05) is 27.0 Å². The summed E-state index contributed by atoms with van der Waals surface area (Å²) in [5.74, 6) is 0.778. The molecular formula is C15H30IN3O2S. The first-order valence-electron chi connectivity index (χ1n) is 7.76. The fourth-order valence-corrected chi connectivity index (χ4v) is 3.35. The van der Waals surface area contributed by atoms with Crippen LogP contribution in [0.25, 0.3) is 0 Å². The van der Waals surface area contributed by atoms with E-state index in [1.54, 1.807) is 0 Å². The molecule has 5 nitrogen and oxygen atoms in total. The number of thioether (sulfide) groups is 1. The number of methoxy groups -OCH3 is 1. The first-order valence-corrected chi connectivity index (χ1v) is 9.05. The molecule has 1 aliphatic carbocycles. The van der Waals surface area contributed by atoms with Crippen molar-refractivity contribution < 1.29 is 9.53 Å². The second-order valence-corrected chi connectivity index (χ2v) is 6.54. The zero-order chi connectivity index (χ0) is 15.5. The molecule has 1 aliphatic rings. The highest BCUT2D eigenvalue weighted by Crippen LogP contribution is 2.27. The van der Waals surface area contributed by atoms with Crippen molar-refractivity contribution in [2.24, 2.45) is 4.99 Å². The van der Waals surface area contributed by atoms with Crippen molar-refractivity contribution in [1.82, 2.24) is 10.6 Å². The van der Waals surface area contributed by atoms with Crippen molar-refractivity contribution in [3.63, 3.8) is 0 Å². The number of halogens is 1. The zero-order valence-electron chi connectivity index (χ0n) is 13.9. The maximum absolute atomic E-state index is 11.0. The normalized spacial score (nSPS) is 21.1. The number of nitrogens with zero attached hydrogens (tertiary/aromatic N) is 1. The molecule has 1 fully saturated rings. The second kappa shape index (κ2) is 13.3. The van der Waals surface area contributed by atoms with E-state index in [-0.39, 0.29) is 29.9 Å². The summed E-state index contributed by atoms with van der Waals surface area (Å²) in [6.07, 6.45) is 9.40. The van der Waals surface area contributed by atoms with Crippen molar-refractivity contribution in [2.45, 2.75) is 56.2 Å². The van der Waals surface area contributed by atoms with E-state index in [9.17, 15) is 4.79 Å². The summed E-state index contributed by atoms with van der Waals surface area (Å²) in [6, 6.07) is 0.549. The number of unbranched alkanes of at least 4 members (excludes halogenated alkanes) is 2. The van der Waals surface area contributed by atoms with Crippen LogP contribution in [0.15, 0.2) is 4.99 Å². The van der Waals surface area contributed by atoms with Gasteiger partial charge in [-0.1, -0.05) is 6.42 Å². The maximum atomic E-state index is 11.0. The van der Waals surface area contributed by atoms with Crippen molar-refractivity contribution >= 4 is 47.7 Å². The third-order valence-electron chi connectivity index (χ3n) is 3.86. The minimum absolute atomic E-state index is 0. The van der Waals surface area contributed by atoms with Crippen LogP contribution >= 0.6 is 35.7 Å². The van der Waals surface area contributed by atoms with Gasteiger partial charge in [0.2, 0.25) is 0 Å². The lowest BCUT2D eigenvalue weighted by molar-refractivity contribution is -0.140. The summed E-state index contributed by atoms with van der Waals surface area (Å²) in [6.45, 7) is 0.888. The molecule has 130 valence electrons. The minimum atomic E-state index is -0.120. The molecule has 1 rings (SSSR count). The van der Waals surface area contributed by atoms with E-state index < -0.39 is 0 Å². The Morgan fingerprint density at radius 1 is 1.32 bits per heavy atom. The number of nitrogens with one attached hydrogen (secondary N) is 2. The third-order valence-corrected chi connectivity index (χ3v) is 4.95. The van der Waals surface area contributed by atoms with E-state index in [2.05, 4.69) is 26.6 Å². The van der Waals surface area contributed by atoms with Gasteiger partial charge in [0.15, 0.2) is 5.96 Å². The Kier molecular flexibility index (Phi) is 13.2. The standard InChI is InChI=1S/C15H29N3O2S.HI/c1-16-15(18-12-8-9-13(11-12)21-3)17-10-6-4-5-7-14(19)20-2;/h12-13H,4-11H2,1-3H3,(H2,16,17,18);1H. The summed E-state index contributed by atoms with van der Waals surface area (Å²) < 4.78 is 4.62. The number of rotatable bonds is 8. The van der Waals surface area contributed by atoms with Gasteiger partial charge >= 0.3 is 5.97 Å². The molecule has 0 saturated heterocycles. The van der Waals surface area contributed by atoms with E-state index in [1.807, 2.05) is 18.8 Å². The van der Waals surface area contributed by atoms with Crippen LogP contribution in [0.5, 0.6) is 0 Å². The lowest BCUT2D eigenvalue weighted by Gasteiger charge is -2.17. The van der Waals surface area contributed by atoms with Crippen LogP contribution in [-0.4, -0.2) is 50.2 Å². The first-order chi connectivity index (χ1) is 10.2. The van der Waals surface area contributed by atoms with Crippen LogP contribution in [0.1, 0.15) is 44.9 Å². The van der Waals surface area contributed by atoms with Gasteiger partial charge in [-0.3, -0.25) is 9.79 Å². The van der Waals surface area contributed by atoms with Crippen molar-refractivity contribution in [3.8, 4) is 0 Å². The molecule has 0 amide bonds. The molecule has 0 aromatic heterocycles. The van der Waals surface area contributed by atoms with Crippen molar-refractivity contribution in [1.29, 1.82) is 0 Å². The highest BCUT2D eigenvalue weighted by Gasteiger charge is 2.24. The van der Waals surface area contributed by atoms with Gasteiger partial charge in [-0.2, -0.15) is 11.8 Å². The second-order valence-electron chi connectivity index (χ2n) is 5.40. The number of ether oxygens (including phenoxy) is 1. The molecular weight excluding hydrogens is 413 g/mol. The monoisotopic (exact) mass is 443 g/mol. The molecule has 2 unspecified atom stereocenters. The van der Waals surface area contributed by atoms with Gasteiger partial charge in [0.1, 0.15) is 0 Å². The van der Waals surface area contributed by atoms with E-state index in [4.69, 9.17) is 0 Å². The maximum Gasteiger partial charge on any atom is 0.305 e. The Bertz CT molecular complexity index is 343. The van der Waals surface area contributed by atoms with Crippen LogP contribution in [0.2, 0.25) is 0 Å². The van der Waals surface area contributed by atoms with Crippen LogP contribution in [0.4, 0.5) is 0 Å². The molecule has 0 aromatic carbocycles. The van der Waals surface area contributed by atoms with Crippen LogP contribution in [0.3, 0.4) is 0 Å². The van der Waals surface area contributed by atoms with E-state index in [0.717, 1.165) is 37.0 Å². The SMILES string of the molecule is CN=C(NCCCCCC(=O)OC)NC1CCC(SC)C1.I. The smallest absolute Gasteiger partial charge is 0.305 e. The van der Waals surface area contributed by atoms with Gasteiger partial charge in [0.05, 0.1) is 7.11 Å². The molecule has 7 heteroatoms. The van der Waals surface area contributed by atoms with E-state index in [1.165, 1.54) is 26.4 Å². The summed E-state index contributed by atoms with van der Waals surface area (Å²) in [4.78, 5) is 15.3. The molecule has 0 aliphatic heterocycles. The third kappa shape index (κ3) is 9.07. The van der Waals surface area contributed by atoms with Gasteiger partial charge in [-0.15, -0.1) is 24.0 Å².